The minimum Gasteiger partial charge on any atom is -0.497 e. The lowest BCUT2D eigenvalue weighted by Gasteiger charge is -2.27. The molecule has 2 atom stereocenters. The monoisotopic (exact) mass is 260 g/mol. The van der Waals surface area contributed by atoms with Crippen LogP contribution in [0.5, 0.6) is 11.5 Å². The van der Waals surface area contributed by atoms with Crippen LogP contribution in [0.2, 0.25) is 0 Å². The standard InChI is InChI=1S/C15H20N2O2/c1-18-12-5-6-15(19-2)13(8-12)14(9-16)11-4-3-7-17-10-11/h5-6,8,11,14,17H,3-4,7,10H2,1-2H3. The number of piperidine rings is 1. The molecule has 1 aliphatic rings. The Morgan fingerprint density at radius 2 is 2.21 bits per heavy atom. The Balaban J connectivity index is 2.33. The van der Waals surface area contributed by atoms with Gasteiger partial charge in [0.15, 0.2) is 0 Å². The maximum atomic E-state index is 9.54. The van der Waals surface area contributed by atoms with Crippen LogP contribution in [0.25, 0.3) is 0 Å². The molecule has 2 unspecified atom stereocenters. The molecular weight excluding hydrogens is 240 g/mol. The molecule has 102 valence electrons. The van der Waals surface area contributed by atoms with Gasteiger partial charge < -0.3 is 14.8 Å². The van der Waals surface area contributed by atoms with E-state index in [0.29, 0.717) is 5.92 Å². The topological polar surface area (TPSA) is 54.3 Å². The molecule has 0 amide bonds. The second-order valence-corrected chi connectivity index (χ2v) is 4.82. The van der Waals surface area contributed by atoms with Crippen molar-refractivity contribution in [2.45, 2.75) is 18.8 Å². The predicted octanol–water partition coefficient (Wildman–Crippen LogP) is 2.31. The number of hydrogen-bond donors (Lipinski definition) is 1. The smallest absolute Gasteiger partial charge is 0.123 e. The number of nitrogens with one attached hydrogen (secondary N) is 1. The van der Waals surface area contributed by atoms with E-state index >= 15 is 0 Å². The van der Waals surface area contributed by atoms with Gasteiger partial charge in [-0.05, 0) is 50.0 Å². The Bertz CT molecular complexity index is 462. The number of ether oxygens (including phenoxy) is 2. The molecule has 1 fully saturated rings. The third-order valence-corrected chi connectivity index (χ3v) is 3.72. The maximum absolute atomic E-state index is 9.54. The molecular formula is C15H20N2O2. The molecule has 2 rings (SSSR count). The van der Waals surface area contributed by atoms with E-state index in [1.807, 2.05) is 18.2 Å². The Hall–Kier alpha value is -1.73. The van der Waals surface area contributed by atoms with Crippen molar-refractivity contribution < 1.29 is 9.47 Å². The van der Waals surface area contributed by atoms with Gasteiger partial charge in [0, 0.05) is 5.56 Å². The highest BCUT2D eigenvalue weighted by molar-refractivity contribution is 5.45. The summed E-state index contributed by atoms with van der Waals surface area (Å²) in [6, 6.07) is 8.08. The van der Waals surface area contributed by atoms with Gasteiger partial charge >= 0.3 is 0 Å². The van der Waals surface area contributed by atoms with Gasteiger partial charge in [-0.15, -0.1) is 0 Å². The fraction of sp³-hybridized carbons (Fsp3) is 0.533. The van der Waals surface area contributed by atoms with E-state index in [-0.39, 0.29) is 5.92 Å². The fourth-order valence-corrected chi connectivity index (χ4v) is 2.67. The zero-order chi connectivity index (χ0) is 13.7. The highest BCUT2D eigenvalue weighted by Crippen LogP contribution is 2.36. The highest BCUT2D eigenvalue weighted by atomic mass is 16.5. The summed E-state index contributed by atoms with van der Waals surface area (Å²) in [5, 5.41) is 12.9. The molecule has 1 aromatic carbocycles. The largest absolute Gasteiger partial charge is 0.497 e. The van der Waals surface area contributed by atoms with Crippen molar-refractivity contribution in [3.63, 3.8) is 0 Å². The van der Waals surface area contributed by atoms with E-state index in [9.17, 15) is 5.26 Å². The molecule has 0 saturated carbocycles. The Kier molecular flexibility index (Phi) is 4.64. The third kappa shape index (κ3) is 2.99. The van der Waals surface area contributed by atoms with Crippen molar-refractivity contribution in [2.75, 3.05) is 27.3 Å². The molecule has 0 bridgehead atoms. The normalized spacial score (nSPS) is 20.4. The molecule has 1 aromatic rings. The van der Waals surface area contributed by atoms with E-state index in [1.165, 1.54) is 0 Å². The second-order valence-electron chi connectivity index (χ2n) is 4.82. The van der Waals surface area contributed by atoms with Crippen LogP contribution >= 0.6 is 0 Å². The number of hydrogen-bond acceptors (Lipinski definition) is 4. The number of rotatable bonds is 4. The predicted molar refractivity (Wildman–Crippen MR) is 73.5 cm³/mol. The zero-order valence-corrected chi connectivity index (χ0v) is 11.5. The second kappa shape index (κ2) is 6.44. The summed E-state index contributed by atoms with van der Waals surface area (Å²) >= 11 is 0. The zero-order valence-electron chi connectivity index (χ0n) is 11.5. The van der Waals surface area contributed by atoms with Gasteiger partial charge in [0.2, 0.25) is 0 Å². The molecule has 1 N–H and O–H groups in total. The number of nitrogens with zero attached hydrogens (tertiary/aromatic N) is 1. The van der Waals surface area contributed by atoms with E-state index < -0.39 is 0 Å². The van der Waals surface area contributed by atoms with Crippen molar-refractivity contribution in [1.29, 1.82) is 5.26 Å². The van der Waals surface area contributed by atoms with Crippen LogP contribution in [0, 0.1) is 17.2 Å². The van der Waals surface area contributed by atoms with Crippen LogP contribution < -0.4 is 14.8 Å². The minimum atomic E-state index is -0.155. The molecule has 1 saturated heterocycles. The van der Waals surface area contributed by atoms with Gasteiger partial charge in [-0.1, -0.05) is 0 Å². The van der Waals surface area contributed by atoms with E-state index in [1.54, 1.807) is 14.2 Å². The van der Waals surface area contributed by atoms with Gasteiger partial charge in [-0.2, -0.15) is 5.26 Å². The third-order valence-electron chi connectivity index (χ3n) is 3.72. The molecule has 0 aliphatic carbocycles. The Morgan fingerprint density at radius 3 is 2.79 bits per heavy atom. The Morgan fingerprint density at radius 1 is 1.37 bits per heavy atom. The van der Waals surface area contributed by atoms with Gasteiger partial charge in [0.05, 0.1) is 26.2 Å². The van der Waals surface area contributed by atoms with Crippen molar-refractivity contribution in [3.05, 3.63) is 23.8 Å². The van der Waals surface area contributed by atoms with Crippen LogP contribution in [0.4, 0.5) is 0 Å². The molecule has 0 radical (unpaired) electrons. The molecule has 4 nitrogen and oxygen atoms in total. The number of nitriles is 1. The van der Waals surface area contributed by atoms with Crippen LogP contribution in [0.1, 0.15) is 24.3 Å². The van der Waals surface area contributed by atoms with E-state index in [2.05, 4.69) is 11.4 Å². The van der Waals surface area contributed by atoms with Crippen LogP contribution in [-0.2, 0) is 0 Å². The summed E-state index contributed by atoms with van der Waals surface area (Å²) in [6.07, 6.45) is 2.20. The lowest BCUT2D eigenvalue weighted by Crippen LogP contribution is -2.33. The van der Waals surface area contributed by atoms with Gasteiger partial charge in [-0.3, -0.25) is 0 Å². The average molecular weight is 260 g/mol. The fourth-order valence-electron chi connectivity index (χ4n) is 2.67. The lowest BCUT2D eigenvalue weighted by molar-refractivity contribution is 0.342. The maximum Gasteiger partial charge on any atom is 0.123 e. The summed E-state index contributed by atoms with van der Waals surface area (Å²) in [5.41, 5.74) is 0.929. The van der Waals surface area contributed by atoms with E-state index in [0.717, 1.165) is 43.0 Å². The number of methoxy groups -OCH3 is 2. The summed E-state index contributed by atoms with van der Waals surface area (Å²) in [4.78, 5) is 0. The van der Waals surface area contributed by atoms with Gasteiger partial charge in [0.1, 0.15) is 11.5 Å². The summed E-state index contributed by atoms with van der Waals surface area (Å²) in [5.74, 6) is 1.70. The summed E-state index contributed by atoms with van der Waals surface area (Å²) < 4.78 is 10.6. The average Bonchev–Trinajstić information content (AvgIpc) is 2.49. The molecule has 4 heteroatoms. The number of benzene rings is 1. The van der Waals surface area contributed by atoms with E-state index in [4.69, 9.17) is 9.47 Å². The highest BCUT2D eigenvalue weighted by Gasteiger charge is 2.27. The minimum absolute atomic E-state index is 0.155. The van der Waals surface area contributed by atoms with Crippen LogP contribution in [0.3, 0.4) is 0 Å². The first-order chi connectivity index (χ1) is 9.30. The molecule has 0 spiro atoms. The summed E-state index contributed by atoms with van der Waals surface area (Å²) in [7, 11) is 3.27. The van der Waals surface area contributed by atoms with Gasteiger partial charge in [0.25, 0.3) is 0 Å². The van der Waals surface area contributed by atoms with Crippen LogP contribution in [0.15, 0.2) is 18.2 Å². The SMILES string of the molecule is COc1ccc(OC)c(C(C#N)C2CCCNC2)c1. The van der Waals surface area contributed by atoms with Gasteiger partial charge in [-0.25, -0.2) is 0 Å². The first kappa shape index (κ1) is 13.7. The van der Waals surface area contributed by atoms with Crippen molar-refractivity contribution >= 4 is 0 Å². The molecule has 1 aliphatic heterocycles. The first-order valence-corrected chi connectivity index (χ1v) is 6.62. The van der Waals surface area contributed by atoms with Crippen LogP contribution in [-0.4, -0.2) is 27.3 Å². The summed E-state index contributed by atoms with van der Waals surface area (Å²) in [6.45, 7) is 1.93. The molecule has 0 aromatic heterocycles. The Labute approximate surface area is 114 Å². The molecule has 19 heavy (non-hydrogen) atoms. The quantitative estimate of drug-likeness (QED) is 0.902. The van der Waals surface area contributed by atoms with Crippen molar-refractivity contribution in [1.82, 2.24) is 5.32 Å². The van der Waals surface area contributed by atoms with Crippen molar-refractivity contribution in [2.24, 2.45) is 5.92 Å². The molecule has 1 heterocycles. The first-order valence-electron chi connectivity index (χ1n) is 6.62. The van der Waals surface area contributed by atoms with Crippen molar-refractivity contribution in [3.8, 4) is 17.6 Å². The lowest BCUT2D eigenvalue weighted by atomic mass is 9.82.